The standard InChI is InChI=1S/C15H17F2NO/c1-2-7-18-15(10-12-4-3-8-19-12)13-6-5-11(16)9-14(13)17/h3-6,8-9,15,18H,2,7,10H2,1H3. The van der Waals surface area contributed by atoms with E-state index in [0.29, 0.717) is 12.0 Å². The lowest BCUT2D eigenvalue weighted by atomic mass is 10.0. The van der Waals surface area contributed by atoms with Crippen LogP contribution in [-0.2, 0) is 6.42 Å². The molecule has 0 aliphatic rings. The fourth-order valence-electron chi connectivity index (χ4n) is 2.02. The van der Waals surface area contributed by atoms with Crippen molar-refractivity contribution in [2.24, 2.45) is 0 Å². The van der Waals surface area contributed by atoms with Crippen LogP contribution in [0.25, 0.3) is 0 Å². The van der Waals surface area contributed by atoms with Gasteiger partial charge in [0, 0.05) is 24.1 Å². The minimum Gasteiger partial charge on any atom is -0.469 e. The zero-order valence-electron chi connectivity index (χ0n) is 10.8. The Balaban J connectivity index is 2.20. The van der Waals surface area contributed by atoms with Gasteiger partial charge in [-0.25, -0.2) is 8.78 Å². The molecule has 0 saturated heterocycles. The molecule has 1 unspecified atom stereocenters. The average molecular weight is 265 g/mol. The molecular weight excluding hydrogens is 248 g/mol. The molecule has 0 bridgehead atoms. The second-order valence-electron chi connectivity index (χ2n) is 4.46. The SMILES string of the molecule is CCCNC(Cc1ccco1)c1ccc(F)cc1F. The summed E-state index contributed by atoms with van der Waals surface area (Å²) < 4.78 is 32.1. The molecule has 0 saturated carbocycles. The average Bonchev–Trinajstić information content (AvgIpc) is 2.88. The molecule has 1 atom stereocenters. The van der Waals surface area contributed by atoms with E-state index >= 15 is 0 Å². The van der Waals surface area contributed by atoms with Crippen LogP contribution in [0, 0.1) is 11.6 Å². The lowest BCUT2D eigenvalue weighted by Crippen LogP contribution is -2.25. The first kappa shape index (κ1) is 13.7. The van der Waals surface area contributed by atoms with Crippen molar-refractivity contribution in [3.05, 3.63) is 59.6 Å². The molecule has 4 heteroatoms. The molecule has 0 radical (unpaired) electrons. The largest absolute Gasteiger partial charge is 0.469 e. The summed E-state index contributed by atoms with van der Waals surface area (Å²) in [6.45, 7) is 2.81. The van der Waals surface area contributed by atoms with E-state index in [1.54, 1.807) is 12.3 Å². The minimum absolute atomic E-state index is 0.216. The highest BCUT2D eigenvalue weighted by atomic mass is 19.1. The van der Waals surface area contributed by atoms with Crippen LogP contribution in [0.1, 0.15) is 30.7 Å². The summed E-state index contributed by atoms with van der Waals surface area (Å²) in [6.07, 6.45) is 3.07. The van der Waals surface area contributed by atoms with E-state index in [2.05, 4.69) is 5.32 Å². The van der Waals surface area contributed by atoms with Crippen LogP contribution in [0.3, 0.4) is 0 Å². The van der Waals surface area contributed by atoms with E-state index in [4.69, 9.17) is 4.42 Å². The first-order valence-electron chi connectivity index (χ1n) is 6.41. The van der Waals surface area contributed by atoms with Crippen LogP contribution in [0.5, 0.6) is 0 Å². The predicted molar refractivity (Wildman–Crippen MR) is 69.8 cm³/mol. The smallest absolute Gasteiger partial charge is 0.130 e. The third-order valence-electron chi connectivity index (χ3n) is 2.96. The Kier molecular flexibility index (Phi) is 4.68. The van der Waals surface area contributed by atoms with Crippen molar-refractivity contribution >= 4 is 0 Å². The van der Waals surface area contributed by atoms with Crippen LogP contribution >= 0.6 is 0 Å². The van der Waals surface area contributed by atoms with Gasteiger partial charge >= 0.3 is 0 Å². The number of hydrogen-bond donors (Lipinski definition) is 1. The quantitative estimate of drug-likeness (QED) is 0.858. The van der Waals surface area contributed by atoms with Crippen LogP contribution in [0.4, 0.5) is 8.78 Å². The third-order valence-corrected chi connectivity index (χ3v) is 2.96. The number of hydrogen-bond acceptors (Lipinski definition) is 2. The molecule has 102 valence electrons. The van der Waals surface area contributed by atoms with Gasteiger partial charge in [0.05, 0.1) is 6.26 Å². The highest BCUT2D eigenvalue weighted by Crippen LogP contribution is 2.22. The van der Waals surface area contributed by atoms with Gasteiger partial charge in [-0.3, -0.25) is 0 Å². The summed E-state index contributed by atoms with van der Waals surface area (Å²) >= 11 is 0. The molecular formula is C15H17F2NO. The molecule has 2 rings (SSSR count). The summed E-state index contributed by atoms with van der Waals surface area (Å²) in [5.74, 6) is -0.314. The molecule has 2 nitrogen and oxygen atoms in total. The molecule has 0 fully saturated rings. The van der Waals surface area contributed by atoms with Gasteiger partial charge < -0.3 is 9.73 Å². The van der Waals surface area contributed by atoms with Crippen LogP contribution in [0.2, 0.25) is 0 Å². The minimum atomic E-state index is -0.562. The van der Waals surface area contributed by atoms with Gasteiger partial charge in [0.2, 0.25) is 0 Å². The van der Waals surface area contributed by atoms with Gasteiger partial charge in [0.15, 0.2) is 0 Å². The van der Waals surface area contributed by atoms with Crippen LogP contribution < -0.4 is 5.32 Å². The number of furan rings is 1. The molecule has 19 heavy (non-hydrogen) atoms. The normalized spacial score (nSPS) is 12.6. The Hall–Kier alpha value is -1.68. The first-order chi connectivity index (χ1) is 9.20. The Bertz CT molecular complexity index is 511. The molecule has 1 heterocycles. The lowest BCUT2D eigenvalue weighted by Gasteiger charge is -2.18. The van der Waals surface area contributed by atoms with Gasteiger partial charge in [-0.2, -0.15) is 0 Å². The zero-order valence-corrected chi connectivity index (χ0v) is 10.8. The molecule has 0 spiro atoms. The number of nitrogens with one attached hydrogen (secondary N) is 1. The van der Waals surface area contributed by atoms with Gasteiger partial charge in [-0.05, 0) is 31.2 Å². The topological polar surface area (TPSA) is 25.2 Å². The first-order valence-corrected chi connectivity index (χ1v) is 6.41. The Labute approximate surface area is 111 Å². The number of halogens is 2. The van der Waals surface area contributed by atoms with E-state index in [9.17, 15) is 8.78 Å². The van der Waals surface area contributed by atoms with Crippen molar-refractivity contribution in [3.8, 4) is 0 Å². The van der Waals surface area contributed by atoms with Gasteiger partial charge in [-0.1, -0.05) is 13.0 Å². The lowest BCUT2D eigenvalue weighted by molar-refractivity contribution is 0.436. The maximum absolute atomic E-state index is 13.8. The highest BCUT2D eigenvalue weighted by molar-refractivity contribution is 5.23. The second-order valence-corrected chi connectivity index (χ2v) is 4.46. The highest BCUT2D eigenvalue weighted by Gasteiger charge is 2.17. The van der Waals surface area contributed by atoms with Crippen molar-refractivity contribution in [2.45, 2.75) is 25.8 Å². The van der Waals surface area contributed by atoms with Crippen molar-refractivity contribution in [1.82, 2.24) is 5.32 Å². The summed E-state index contributed by atoms with van der Waals surface area (Å²) in [5.41, 5.74) is 0.464. The molecule has 0 aliphatic heterocycles. The molecule has 0 amide bonds. The zero-order chi connectivity index (χ0) is 13.7. The third kappa shape index (κ3) is 3.64. The van der Waals surface area contributed by atoms with Gasteiger partial charge in [0.25, 0.3) is 0 Å². The fraction of sp³-hybridized carbons (Fsp3) is 0.333. The number of rotatable bonds is 6. The Morgan fingerprint density at radius 1 is 1.26 bits per heavy atom. The van der Waals surface area contributed by atoms with Gasteiger partial charge in [0.1, 0.15) is 17.4 Å². The van der Waals surface area contributed by atoms with Crippen molar-refractivity contribution < 1.29 is 13.2 Å². The molecule has 1 aromatic carbocycles. The van der Waals surface area contributed by atoms with E-state index in [1.165, 1.54) is 12.1 Å². The molecule has 1 N–H and O–H groups in total. The summed E-state index contributed by atoms with van der Waals surface area (Å²) in [5, 5.41) is 3.26. The summed E-state index contributed by atoms with van der Waals surface area (Å²) in [4.78, 5) is 0. The fourth-order valence-corrected chi connectivity index (χ4v) is 2.02. The van der Waals surface area contributed by atoms with Crippen molar-refractivity contribution in [2.75, 3.05) is 6.54 Å². The maximum Gasteiger partial charge on any atom is 0.130 e. The molecule has 2 aromatic rings. The molecule has 0 aliphatic carbocycles. The second kappa shape index (κ2) is 6.48. The number of benzene rings is 1. The van der Waals surface area contributed by atoms with Crippen molar-refractivity contribution in [1.29, 1.82) is 0 Å². The van der Waals surface area contributed by atoms with Gasteiger partial charge in [-0.15, -0.1) is 0 Å². The van der Waals surface area contributed by atoms with E-state index < -0.39 is 11.6 Å². The predicted octanol–water partition coefficient (Wildman–Crippen LogP) is 3.84. The molecule has 1 aromatic heterocycles. The van der Waals surface area contributed by atoms with E-state index in [0.717, 1.165) is 24.8 Å². The Morgan fingerprint density at radius 3 is 2.74 bits per heavy atom. The van der Waals surface area contributed by atoms with E-state index in [-0.39, 0.29) is 6.04 Å². The van der Waals surface area contributed by atoms with Crippen LogP contribution in [-0.4, -0.2) is 6.54 Å². The summed E-state index contributed by atoms with van der Waals surface area (Å²) in [7, 11) is 0. The Morgan fingerprint density at radius 2 is 2.11 bits per heavy atom. The van der Waals surface area contributed by atoms with Crippen molar-refractivity contribution in [3.63, 3.8) is 0 Å². The summed E-state index contributed by atoms with van der Waals surface area (Å²) in [6, 6.07) is 7.11. The monoisotopic (exact) mass is 265 g/mol. The maximum atomic E-state index is 13.8. The van der Waals surface area contributed by atoms with Crippen LogP contribution in [0.15, 0.2) is 41.0 Å². The van der Waals surface area contributed by atoms with E-state index in [1.807, 2.05) is 13.0 Å².